The molecule has 0 aliphatic rings. The van der Waals surface area contributed by atoms with Gasteiger partial charge < -0.3 is 10.6 Å². The number of carbonyl (C=O) groups excluding carboxylic acids is 1. The van der Waals surface area contributed by atoms with Crippen molar-refractivity contribution in [2.75, 3.05) is 20.1 Å². The van der Waals surface area contributed by atoms with E-state index in [0.717, 1.165) is 17.4 Å². The zero-order valence-corrected chi connectivity index (χ0v) is 11.0. The monoisotopic (exact) mass is 284 g/mol. The Bertz CT molecular complexity index is 342. The third kappa shape index (κ3) is 4.77. The molecule has 3 nitrogen and oxygen atoms in total. The smallest absolute Gasteiger partial charge is 0.221 e. The Morgan fingerprint density at radius 2 is 2.06 bits per heavy atom. The molecule has 0 aromatic heterocycles. The Morgan fingerprint density at radius 3 is 2.75 bits per heavy atom. The standard InChI is InChI=1S/C12H17BrN2O/c1-14-8-7-12(16)15-9-6-10-4-2-3-5-11(10)13/h2-5,14H,6-9H2,1H3,(H,15,16). The Labute approximate surface area is 105 Å². The molecule has 0 aliphatic carbocycles. The van der Waals surface area contributed by atoms with Gasteiger partial charge in [-0.2, -0.15) is 0 Å². The summed E-state index contributed by atoms with van der Waals surface area (Å²) >= 11 is 3.48. The van der Waals surface area contributed by atoms with Crippen LogP contribution in [0.1, 0.15) is 12.0 Å². The number of nitrogens with one attached hydrogen (secondary N) is 2. The van der Waals surface area contributed by atoms with Crippen LogP contribution in [0.3, 0.4) is 0 Å². The summed E-state index contributed by atoms with van der Waals surface area (Å²) < 4.78 is 1.10. The second kappa shape index (κ2) is 7.41. The molecule has 88 valence electrons. The average molecular weight is 285 g/mol. The topological polar surface area (TPSA) is 41.1 Å². The highest BCUT2D eigenvalue weighted by atomic mass is 79.9. The van der Waals surface area contributed by atoms with E-state index in [1.54, 1.807) is 0 Å². The van der Waals surface area contributed by atoms with Crippen LogP contribution in [0.2, 0.25) is 0 Å². The Balaban J connectivity index is 2.25. The fraction of sp³-hybridized carbons (Fsp3) is 0.417. The molecule has 0 bridgehead atoms. The van der Waals surface area contributed by atoms with Gasteiger partial charge in [-0.25, -0.2) is 0 Å². The highest BCUT2D eigenvalue weighted by Crippen LogP contribution is 2.15. The van der Waals surface area contributed by atoms with Crippen molar-refractivity contribution in [3.05, 3.63) is 34.3 Å². The lowest BCUT2D eigenvalue weighted by Gasteiger charge is -2.06. The van der Waals surface area contributed by atoms with E-state index in [4.69, 9.17) is 0 Å². The van der Waals surface area contributed by atoms with Gasteiger partial charge >= 0.3 is 0 Å². The molecule has 0 spiro atoms. The van der Waals surface area contributed by atoms with Gasteiger partial charge in [0.15, 0.2) is 0 Å². The second-order valence-electron chi connectivity index (χ2n) is 3.54. The maximum absolute atomic E-state index is 11.3. The lowest BCUT2D eigenvalue weighted by Crippen LogP contribution is -2.28. The van der Waals surface area contributed by atoms with Crippen LogP contribution in [0.15, 0.2) is 28.7 Å². The molecule has 0 heterocycles. The zero-order chi connectivity index (χ0) is 11.8. The molecule has 0 saturated heterocycles. The molecule has 0 unspecified atom stereocenters. The number of amides is 1. The van der Waals surface area contributed by atoms with Crippen molar-refractivity contribution in [2.45, 2.75) is 12.8 Å². The highest BCUT2D eigenvalue weighted by Gasteiger charge is 2.01. The van der Waals surface area contributed by atoms with Gasteiger partial charge in [-0.3, -0.25) is 4.79 Å². The van der Waals surface area contributed by atoms with Gasteiger partial charge in [-0.05, 0) is 25.1 Å². The Kier molecular flexibility index (Phi) is 6.11. The second-order valence-corrected chi connectivity index (χ2v) is 4.40. The molecule has 0 atom stereocenters. The predicted molar refractivity (Wildman–Crippen MR) is 69.4 cm³/mol. The van der Waals surface area contributed by atoms with E-state index < -0.39 is 0 Å². The van der Waals surface area contributed by atoms with Crippen molar-refractivity contribution < 1.29 is 4.79 Å². The molecule has 0 fully saturated rings. The van der Waals surface area contributed by atoms with E-state index in [0.29, 0.717) is 13.0 Å². The van der Waals surface area contributed by atoms with Crippen LogP contribution >= 0.6 is 15.9 Å². The molecule has 1 rings (SSSR count). The van der Waals surface area contributed by atoms with Crippen molar-refractivity contribution in [1.29, 1.82) is 0 Å². The molecule has 4 heteroatoms. The van der Waals surface area contributed by atoms with Gasteiger partial charge in [-0.15, -0.1) is 0 Å². The van der Waals surface area contributed by atoms with Gasteiger partial charge in [0.05, 0.1) is 0 Å². The number of benzene rings is 1. The molecule has 2 N–H and O–H groups in total. The van der Waals surface area contributed by atoms with Gasteiger partial charge in [0.1, 0.15) is 0 Å². The van der Waals surface area contributed by atoms with Crippen LogP contribution in [-0.2, 0) is 11.2 Å². The molecule has 0 saturated carbocycles. The van der Waals surface area contributed by atoms with Gasteiger partial charge in [0, 0.05) is 24.0 Å². The minimum Gasteiger partial charge on any atom is -0.356 e. The van der Waals surface area contributed by atoms with E-state index in [9.17, 15) is 4.79 Å². The third-order valence-electron chi connectivity index (χ3n) is 2.28. The first-order chi connectivity index (χ1) is 7.74. The van der Waals surface area contributed by atoms with E-state index in [2.05, 4.69) is 32.6 Å². The van der Waals surface area contributed by atoms with E-state index >= 15 is 0 Å². The van der Waals surface area contributed by atoms with E-state index in [1.807, 2.05) is 25.2 Å². The summed E-state index contributed by atoms with van der Waals surface area (Å²) in [5, 5.41) is 5.84. The summed E-state index contributed by atoms with van der Waals surface area (Å²) in [6.45, 7) is 1.41. The molecular weight excluding hydrogens is 268 g/mol. The predicted octanol–water partition coefficient (Wildman–Crippen LogP) is 1.72. The summed E-state index contributed by atoms with van der Waals surface area (Å²) in [6, 6.07) is 8.06. The van der Waals surface area contributed by atoms with Crippen LogP contribution in [0.4, 0.5) is 0 Å². The van der Waals surface area contributed by atoms with Crippen molar-refractivity contribution in [1.82, 2.24) is 10.6 Å². The van der Waals surface area contributed by atoms with Gasteiger partial charge in [0.2, 0.25) is 5.91 Å². The summed E-state index contributed by atoms with van der Waals surface area (Å²) in [5.41, 5.74) is 1.22. The third-order valence-corrected chi connectivity index (χ3v) is 3.05. The molecule has 0 radical (unpaired) electrons. The molecular formula is C12H17BrN2O. The number of hydrogen-bond acceptors (Lipinski definition) is 2. The normalized spacial score (nSPS) is 10.1. The quantitative estimate of drug-likeness (QED) is 0.835. The van der Waals surface area contributed by atoms with Crippen LogP contribution in [0.25, 0.3) is 0 Å². The average Bonchev–Trinajstić information content (AvgIpc) is 2.29. The Hall–Kier alpha value is -0.870. The summed E-state index contributed by atoms with van der Waals surface area (Å²) in [5.74, 6) is 0.0985. The SMILES string of the molecule is CNCCC(=O)NCCc1ccccc1Br. The molecule has 1 aromatic rings. The van der Waals surface area contributed by atoms with E-state index in [-0.39, 0.29) is 5.91 Å². The first-order valence-electron chi connectivity index (χ1n) is 5.38. The van der Waals surface area contributed by atoms with Gasteiger partial charge in [0.25, 0.3) is 0 Å². The van der Waals surface area contributed by atoms with E-state index in [1.165, 1.54) is 5.56 Å². The van der Waals surface area contributed by atoms with Crippen molar-refractivity contribution >= 4 is 21.8 Å². The molecule has 16 heavy (non-hydrogen) atoms. The maximum Gasteiger partial charge on any atom is 0.221 e. The molecule has 1 amide bonds. The first kappa shape index (κ1) is 13.2. The Morgan fingerprint density at radius 1 is 1.31 bits per heavy atom. The molecule has 0 aliphatic heterocycles. The minimum atomic E-state index is 0.0985. The van der Waals surface area contributed by atoms with Crippen LogP contribution in [-0.4, -0.2) is 26.0 Å². The maximum atomic E-state index is 11.3. The van der Waals surface area contributed by atoms with Crippen molar-refractivity contribution in [3.8, 4) is 0 Å². The summed E-state index contributed by atoms with van der Waals surface area (Å²) in [4.78, 5) is 11.3. The number of carbonyl (C=O) groups is 1. The van der Waals surface area contributed by atoms with Crippen molar-refractivity contribution in [2.24, 2.45) is 0 Å². The number of halogens is 1. The largest absolute Gasteiger partial charge is 0.356 e. The minimum absolute atomic E-state index is 0.0985. The van der Waals surface area contributed by atoms with Gasteiger partial charge in [-0.1, -0.05) is 34.1 Å². The van der Waals surface area contributed by atoms with Crippen molar-refractivity contribution in [3.63, 3.8) is 0 Å². The lowest BCUT2D eigenvalue weighted by atomic mass is 10.1. The lowest BCUT2D eigenvalue weighted by molar-refractivity contribution is -0.120. The first-order valence-corrected chi connectivity index (χ1v) is 6.18. The molecule has 1 aromatic carbocycles. The zero-order valence-electron chi connectivity index (χ0n) is 9.42. The fourth-order valence-corrected chi connectivity index (χ4v) is 1.85. The van der Waals surface area contributed by atoms with Crippen LogP contribution < -0.4 is 10.6 Å². The number of hydrogen-bond donors (Lipinski definition) is 2. The summed E-state index contributed by atoms with van der Waals surface area (Å²) in [7, 11) is 1.84. The summed E-state index contributed by atoms with van der Waals surface area (Å²) in [6.07, 6.45) is 1.39. The number of rotatable bonds is 6. The fourth-order valence-electron chi connectivity index (χ4n) is 1.36. The highest BCUT2D eigenvalue weighted by molar-refractivity contribution is 9.10. The van der Waals surface area contributed by atoms with Crippen LogP contribution in [0, 0.1) is 0 Å². The van der Waals surface area contributed by atoms with Crippen LogP contribution in [0.5, 0.6) is 0 Å².